The van der Waals surface area contributed by atoms with Gasteiger partial charge in [0.1, 0.15) is 16.2 Å². The van der Waals surface area contributed by atoms with Gasteiger partial charge in [-0.15, -0.1) is 0 Å². The SMILES string of the molecule is COC(=O)c1cnc(NC(=O)c2cn3c(C)cccc3n2)s1. The first kappa shape index (κ1) is 14.2. The van der Waals surface area contributed by atoms with Crippen LogP contribution in [0.4, 0.5) is 5.13 Å². The van der Waals surface area contributed by atoms with Gasteiger partial charge in [-0.2, -0.15) is 0 Å². The van der Waals surface area contributed by atoms with Crippen LogP contribution in [0.15, 0.2) is 30.6 Å². The summed E-state index contributed by atoms with van der Waals surface area (Å²) in [5.41, 5.74) is 1.95. The zero-order valence-electron chi connectivity index (χ0n) is 11.9. The normalized spacial score (nSPS) is 10.6. The van der Waals surface area contributed by atoms with Gasteiger partial charge in [0.2, 0.25) is 0 Å². The molecule has 0 spiro atoms. The number of anilines is 1. The second kappa shape index (κ2) is 5.57. The first-order valence-corrected chi connectivity index (χ1v) is 7.20. The number of hydrogen-bond donors (Lipinski definition) is 1. The van der Waals surface area contributed by atoms with Crippen LogP contribution in [0.1, 0.15) is 25.9 Å². The van der Waals surface area contributed by atoms with E-state index in [0.717, 1.165) is 17.0 Å². The minimum absolute atomic E-state index is 0.282. The summed E-state index contributed by atoms with van der Waals surface area (Å²) in [6.07, 6.45) is 3.02. The van der Waals surface area contributed by atoms with E-state index in [1.807, 2.05) is 29.5 Å². The van der Waals surface area contributed by atoms with Gasteiger partial charge in [-0.05, 0) is 19.1 Å². The van der Waals surface area contributed by atoms with Crippen LogP contribution in [0.2, 0.25) is 0 Å². The number of nitrogens with zero attached hydrogens (tertiary/aromatic N) is 3. The van der Waals surface area contributed by atoms with E-state index in [1.54, 1.807) is 6.20 Å². The maximum Gasteiger partial charge on any atom is 0.349 e. The number of imidazole rings is 1. The highest BCUT2D eigenvalue weighted by molar-refractivity contribution is 7.17. The Bertz CT molecular complexity index is 868. The Hall–Kier alpha value is -2.74. The van der Waals surface area contributed by atoms with E-state index in [-0.39, 0.29) is 11.6 Å². The standard InChI is InChI=1S/C14H12N4O3S/c1-8-4-3-5-11-16-9(7-18(8)11)12(19)17-14-15-6-10(22-14)13(20)21-2/h3-7H,1-2H3,(H,15,17,19). The number of methoxy groups -OCH3 is 1. The minimum atomic E-state index is -0.485. The van der Waals surface area contributed by atoms with Crippen LogP contribution in [0, 0.1) is 6.92 Å². The number of thiazole rings is 1. The lowest BCUT2D eigenvalue weighted by molar-refractivity contribution is 0.0606. The topological polar surface area (TPSA) is 85.6 Å². The van der Waals surface area contributed by atoms with E-state index < -0.39 is 5.97 Å². The minimum Gasteiger partial charge on any atom is -0.465 e. The summed E-state index contributed by atoms with van der Waals surface area (Å²) in [5, 5.41) is 2.94. The van der Waals surface area contributed by atoms with Crippen molar-refractivity contribution in [1.82, 2.24) is 14.4 Å². The van der Waals surface area contributed by atoms with E-state index in [1.165, 1.54) is 13.3 Å². The summed E-state index contributed by atoms with van der Waals surface area (Å²) in [5.74, 6) is -0.866. The molecule has 8 heteroatoms. The van der Waals surface area contributed by atoms with Crippen molar-refractivity contribution in [2.45, 2.75) is 6.92 Å². The first-order valence-electron chi connectivity index (χ1n) is 6.38. The fourth-order valence-electron chi connectivity index (χ4n) is 1.95. The van der Waals surface area contributed by atoms with Gasteiger partial charge in [-0.25, -0.2) is 14.8 Å². The lowest BCUT2D eigenvalue weighted by Gasteiger charge is -1.97. The Morgan fingerprint density at radius 1 is 1.36 bits per heavy atom. The molecule has 0 bridgehead atoms. The third kappa shape index (κ3) is 2.56. The number of rotatable bonds is 3. The summed E-state index contributed by atoms with van der Waals surface area (Å²) in [4.78, 5) is 32.1. The van der Waals surface area contributed by atoms with Crippen LogP contribution >= 0.6 is 11.3 Å². The van der Waals surface area contributed by atoms with Crippen molar-refractivity contribution in [1.29, 1.82) is 0 Å². The van der Waals surface area contributed by atoms with Gasteiger partial charge in [0.25, 0.3) is 5.91 Å². The van der Waals surface area contributed by atoms with Gasteiger partial charge in [-0.3, -0.25) is 10.1 Å². The van der Waals surface area contributed by atoms with Crippen LogP contribution in [0.3, 0.4) is 0 Å². The Kier molecular flexibility index (Phi) is 3.60. The molecule has 0 aliphatic rings. The van der Waals surface area contributed by atoms with Crippen molar-refractivity contribution in [2.75, 3.05) is 12.4 Å². The number of aromatic nitrogens is 3. The van der Waals surface area contributed by atoms with Gasteiger partial charge in [0, 0.05) is 11.9 Å². The molecule has 3 heterocycles. The summed E-state index contributed by atoms with van der Waals surface area (Å²) in [7, 11) is 1.29. The number of amides is 1. The summed E-state index contributed by atoms with van der Waals surface area (Å²) < 4.78 is 6.43. The predicted octanol–water partition coefficient (Wildman–Crippen LogP) is 2.14. The average molecular weight is 316 g/mol. The van der Waals surface area contributed by atoms with Crippen molar-refractivity contribution in [2.24, 2.45) is 0 Å². The van der Waals surface area contributed by atoms with E-state index in [0.29, 0.717) is 15.7 Å². The molecule has 3 aromatic heterocycles. The van der Waals surface area contributed by atoms with Gasteiger partial charge >= 0.3 is 5.97 Å². The monoisotopic (exact) mass is 316 g/mol. The number of carbonyl (C=O) groups excluding carboxylic acids is 2. The molecule has 0 atom stereocenters. The van der Waals surface area contributed by atoms with Crippen molar-refractivity contribution in [3.8, 4) is 0 Å². The van der Waals surface area contributed by atoms with Gasteiger partial charge < -0.3 is 9.14 Å². The molecule has 0 aromatic carbocycles. The Morgan fingerprint density at radius 2 is 2.18 bits per heavy atom. The number of hydrogen-bond acceptors (Lipinski definition) is 6. The molecule has 0 saturated carbocycles. The molecule has 112 valence electrons. The third-order valence-electron chi connectivity index (χ3n) is 3.04. The van der Waals surface area contributed by atoms with Crippen LogP contribution in [-0.2, 0) is 4.74 Å². The molecule has 0 radical (unpaired) electrons. The van der Waals surface area contributed by atoms with E-state index in [9.17, 15) is 9.59 Å². The molecule has 0 unspecified atom stereocenters. The number of aryl methyl sites for hydroxylation is 1. The molecule has 22 heavy (non-hydrogen) atoms. The van der Waals surface area contributed by atoms with E-state index in [4.69, 9.17) is 0 Å². The Labute approximate surface area is 129 Å². The second-order valence-corrected chi connectivity index (χ2v) is 5.53. The fourth-order valence-corrected chi connectivity index (χ4v) is 2.68. The molecule has 7 nitrogen and oxygen atoms in total. The molecule has 1 amide bonds. The molecule has 3 aromatic rings. The molecule has 0 aliphatic carbocycles. The molecule has 0 fully saturated rings. The average Bonchev–Trinajstić information content (AvgIpc) is 3.13. The lowest BCUT2D eigenvalue weighted by atomic mass is 10.4. The Morgan fingerprint density at radius 3 is 2.91 bits per heavy atom. The van der Waals surface area contributed by atoms with Gasteiger partial charge in [0.05, 0.1) is 13.3 Å². The van der Waals surface area contributed by atoms with Crippen LogP contribution < -0.4 is 5.32 Å². The fraction of sp³-hybridized carbons (Fsp3) is 0.143. The number of fused-ring (bicyclic) bond motifs is 1. The maximum atomic E-state index is 12.2. The summed E-state index contributed by atoms with van der Waals surface area (Å²) in [6, 6.07) is 5.63. The van der Waals surface area contributed by atoms with E-state index in [2.05, 4.69) is 20.0 Å². The molecule has 0 saturated heterocycles. The lowest BCUT2D eigenvalue weighted by Crippen LogP contribution is -2.11. The number of nitrogens with one attached hydrogen (secondary N) is 1. The first-order chi connectivity index (χ1) is 10.6. The summed E-state index contributed by atoms with van der Waals surface area (Å²) >= 11 is 1.05. The van der Waals surface area contributed by atoms with Crippen molar-refractivity contribution in [3.05, 3.63) is 46.9 Å². The van der Waals surface area contributed by atoms with Crippen molar-refractivity contribution in [3.63, 3.8) is 0 Å². The van der Waals surface area contributed by atoms with Crippen LogP contribution in [-0.4, -0.2) is 33.4 Å². The molecule has 3 rings (SSSR count). The van der Waals surface area contributed by atoms with Crippen molar-refractivity contribution >= 4 is 34.0 Å². The number of ether oxygens (including phenoxy) is 1. The predicted molar refractivity (Wildman–Crippen MR) is 81.3 cm³/mol. The van der Waals surface area contributed by atoms with Gasteiger partial charge in [0.15, 0.2) is 5.13 Å². The number of pyridine rings is 1. The largest absolute Gasteiger partial charge is 0.465 e. The smallest absolute Gasteiger partial charge is 0.349 e. The highest BCUT2D eigenvalue weighted by atomic mass is 32.1. The highest BCUT2D eigenvalue weighted by Crippen LogP contribution is 2.19. The quantitative estimate of drug-likeness (QED) is 0.748. The highest BCUT2D eigenvalue weighted by Gasteiger charge is 2.15. The van der Waals surface area contributed by atoms with E-state index >= 15 is 0 Å². The Balaban J connectivity index is 1.82. The zero-order chi connectivity index (χ0) is 15.7. The van der Waals surface area contributed by atoms with Crippen molar-refractivity contribution < 1.29 is 14.3 Å². The molecule has 0 aliphatic heterocycles. The maximum absolute atomic E-state index is 12.2. The molecular weight excluding hydrogens is 304 g/mol. The van der Waals surface area contributed by atoms with Crippen LogP contribution in [0.25, 0.3) is 5.65 Å². The zero-order valence-corrected chi connectivity index (χ0v) is 12.7. The second-order valence-electron chi connectivity index (χ2n) is 4.50. The number of carbonyl (C=O) groups is 2. The van der Waals surface area contributed by atoms with Gasteiger partial charge in [-0.1, -0.05) is 17.4 Å². The molecule has 1 N–H and O–H groups in total. The van der Waals surface area contributed by atoms with Crippen LogP contribution in [0.5, 0.6) is 0 Å². The summed E-state index contributed by atoms with van der Waals surface area (Å²) in [6.45, 7) is 1.93. The third-order valence-corrected chi connectivity index (χ3v) is 3.93. The number of esters is 1. The molecular formula is C14H12N4O3S.